The number of allylic oxidation sites excluding steroid dienone is 30. The van der Waals surface area contributed by atoms with E-state index in [1.165, 1.54) is 19.3 Å². The zero-order valence-corrected chi connectivity index (χ0v) is 50.3. The first-order valence-electron chi connectivity index (χ1n) is 31.3. The van der Waals surface area contributed by atoms with Crippen molar-refractivity contribution in [2.45, 2.75) is 245 Å². The number of carbonyl (C=O) groups excluding carboxylic acids is 3. The minimum absolute atomic E-state index is 0.118. The lowest BCUT2D eigenvalue weighted by Crippen LogP contribution is -2.30. The van der Waals surface area contributed by atoms with E-state index >= 15 is 0 Å². The van der Waals surface area contributed by atoms with E-state index in [-0.39, 0.29) is 44.0 Å². The van der Waals surface area contributed by atoms with E-state index in [9.17, 15) is 14.4 Å². The number of esters is 3. The summed E-state index contributed by atoms with van der Waals surface area (Å²) in [6.07, 6.45) is 97.5. The van der Waals surface area contributed by atoms with E-state index in [0.29, 0.717) is 12.8 Å². The first-order chi connectivity index (χ1) is 39.0. The van der Waals surface area contributed by atoms with Gasteiger partial charge in [0.2, 0.25) is 0 Å². The van der Waals surface area contributed by atoms with Gasteiger partial charge in [-0.2, -0.15) is 0 Å². The summed E-state index contributed by atoms with van der Waals surface area (Å²) in [5, 5.41) is 0. The van der Waals surface area contributed by atoms with Gasteiger partial charge in [0.05, 0.1) is 0 Å². The highest BCUT2D eigenvalue weighted by atomic mass is 16.6. The number of hydrogen-bond acceptors (Lipinski definition) is 6. The molecule has 0 aromatic rings. The van der Waals surface area contributed by atoms with Gasteiger partial charge in [0.25, 0.3) is 0 Å². The quantitative estimate of drug-likeness (QED) is 0.0261. The molecule has 1 atom stereocenters. The summed E-state index contributed by atoms with van der Waals surface area (Å²) in [5.74, 6) is -1.02. The van der Waals surface area contributed by atoms with E-state index in [1.54, 1.807) is 0 Å². The lowest BCUT2D eigenvalue weighted by Gasteiger charge is -2.18. The van der Waals surface area contributed by atoms with Crippen molar-refractivity contribution in [3.63, 3.8) is 0 Å². The highest BCUT2D eigenvalue weighted by molar-refractivity contribution is 5.71. The maximum Gasteiger partial charge on any atom is 0.306 e. The SMILES string of the molecule is CC/C=C\C/C=C\C/C=C\C/C=C\C/C=C\C/C=C\C/C=C\C/C=C\C/C=C\CCCC(=O)OCC(COC(=O)CCCCCCC/C=C\C/C=C\CCC)OC(=O)CCCCCCCC/C=C\C/C=C\C/C=C\C/C=C\CC. The third-order valence-corrected chi connectivity index (χ3v) is 12.4. The molecular formula is C73H112O6. The van der Waals surface area contributed by atoms with Crippen molar-refractivity contribution in [2.24, 2.45) is 0 Å². The number of hydrogen-bond donors (Lipinski definition) is 0. The molecule has 0 radical (unpaired) electrons. The molecule has 0 aliphatic carbocycles. The van der Waals surface area contributed by atoms with Crippen LogP contribution < -0.4 is 0 Å². The fourth-order valence-electron chi connectivity index (χ4n) is 7.77. The van der Waals surface area contributed by atoms with Crippen LogP contribution in [0.4, 0.5) is 0 Å². The van der Waals surface area contributed by atoms with Crippen molar-refractivity contribution < 1.29 is 28.6 Å². The number of carbonyl (C=O) groups is 3. The van der Waals surface area contributed by atoms with Crippen LogP contribution in [-0.2, 0) is 28.6 Å². The molecule has 6 nitrogen and oxygen atoms in total. The molecule has 0 saturated heterocycles. The Morgan fingerprint density at radius 2 is 0.506 bits per heavy atom. The number of unbranched alkanes of at least 4 members (excludes halogenated alkanes) is 13. The van der Waals surface area contributed by atoms with E-state index in [0.717, 1.165) is 173 Å². The molecule has 0 N–H and O–H groups in total. The highest BCUT2D eigenvalue weighted by Gasteiger charge is 2.19. The van der Waals surface area contributed by atoms with Gasteiger partial charge in [-0.3, -0.25) is 14.4 Å². The lowest BCUT2D eigenvalue weighted by molar-refractivity contribution is -0.167. The molecule has 440 valence electrons. The first kappa shape index (κ1) is 73.5. The van der Waals surface area contributed by atoms with Crippen LogP contribution in [0.2, 0.25) is 0 Å². The summed E-state index contributed by atoms with van der Waals surface area (Å²) < 4.78 is 16.8. The smallest absolute Gasteiger partial charge is 0.306 e. The average Bonchev–Trinajstić information content (AvgIpc) is 3.45. The second kappa shape index (κ2) is 65.0. The topological polar surface area (TPSA) is 78.9 Å². The maximum absolute atomic E-state index is 12.9. The summed E-state index contributed by atoms with van der Waals surface area (Å²) in [5.41, 5.74) is 0. The Balaban J connectivity index is 4.50. The predicted molar refractivity (Wildman–Crippen MR) is 343 cm³/mol. The van der Waals surface area contributed by atoms with Crippen molar-refractivity contribution in [1.29, 1.82) is 0 Å². The van der Waals surface area contributed by atoms with Gasteiger partial charge >= 0.3 is 17.9 Å². The summed E-state index contributed by atoms with van der Waals surface area (Å²) >= 11 is 0. The molecule has 0 bridgehead atoms. The largest absolute Gasteiger partial charge is 0.462 e. The molecule has 0 heterocycles. The molecule has 0 aliphatic heterocycles. The Morgan fingerprint density at radius 3 is 0.823 bits per heavy atom. The van der Waals surface area contributed by atoms with Crippen LogP contribution >= 0.6 is 0 Å². The summed E-state index contributed by atoms with van der Waals surface area (Å²) in [4.78, 5) is 38.2. The average molecular weight is 1090 g/mol. The molecule has 79 heavy (non-hydrogen) atoms. The molecule has 0 aromatic heterocycles. The minimum atomic E-state index is -0.827. The Morgan fingerprint density at radius 1 is 0.266 bits per heavy atom. The van der Waals surface area contributed by atoms with Gasteiger partial charge in [-0.25, -0.2) is 0 Å². The molecule has 0 aromatic carbocycles. The molecule has 1 unspecified atom stereocenters. The van der Waals surface area contributed by atoms with Crippen molar-refractivity contribution in [3.05, 3.63) is 182 Å². The van der Waals surface area contributed by atoms with Gasteiger partial charge in [-0.1, -0.05) is 254 Å². The van der Waals surface area contributed by atoms with Crippen LogP contribution in [0.5, 0.6) is 0 Å². The molecular weight excluding hydrogens is 973 g/mol. The molecule has 0 amide bonds. The van der Waals surface area contributed by atoms with Gasteiger partial charge in [-0.05, 0) is 148 Å². The van der Waals surface area contributed by atoms with Gasteiger partial charge in [-0.15, -0.1) is 0 Å². The zero-order chi connectivity index (χ0) is 57.1. The Labute approximate surface area is 484 Å². The first-order valence-corrected chi connectivity index (χ1v) is 31.3. The maximum atomic E-state index is 12.9. The van der Waals surface area contributed by atoms with Crippen molar-refractivity contribution in [2.75, 3.05) is 13.2 Å². The Hall–Kier alpha value is -5.49. The predicted octanol–water partition coefficient (Wildman–Crippen LogP) is 21.7. The standard InChI is InChI=1S/C73H112O6/c1-4-7-10-13-16-19-22-25-27-29-31-32-33-34-35-36-37-38-39-40-42-43-45-48-51-54-57-60-63-66-72(75)78-69-70(68-77-71(74)65-62-59-56-53-50-47-24-21-18-15-12-9-6-3)79-73(76)67-64-61-58-55-52-49-46-44-41-30-28-26-23-20-17-14-11-8-5-2/h7-8,10-12,15-17,19-21,24-28,31-32,34-35,37-38,40-42,44-45,48,54,57,70H,4-6,9,13-14,18,22-23,29-30,33,36,39,43,46-47,49-53,55-56,58-69H2,1-3H3/b10-7-,11-8-,15-12-,19-16-,20-17-,24-21-,27-25-,28-26-,32-31-,35-34-,38-37-,42-40-,44-41-,48-45-,57-54-. The minimum Gasteiger partial charge on any atom is -0.462 e. The summed E-state index contributed by atoms with van der Waals surface area (Å²) in [6, 6.07) is 0. The molecule has 0 fully saturated rings. The summed E-state index contributed by atoms with van der Waals surface area (Å²) in [7, 11) is 0. The number of rotatable bonds is 54. The van der Waals surface area contributed by atoms with Crippen LogP contribution in [-0.4, -0.2) is 37.2 Å². The van der Waals surface area contributed by atoms with Gasteiger partial charge < -0.3 is 14.2 Å². The zero-order valence-electron chi connectivity index (χ0n) is 50.3. The van der Waals surface area contributed by atoms with E-state index in [4.69, 9.17) is 14.2 Å². The molecule has 0 rings (SSSR count). The summed E-state index contributed by atoms with van der Waals surface area (Å²) in [6.45, 7) is 6.26. The van der Waals surface area contributed by atoms with Crippen LogP contribution in [0.25, 0.3) is 0 Å². The van der Waals surface area contributed by atoms with E-state index in [2.05, 4.69) is 203 Å². The fraction of sp³-hybridized carbons (Fsp3) is 0.548. The Bertz CT molecular complexity index is 1870. The van der Waals surface area contributed by atoms with Gasteiger partial charge in [0.1, 0.15) is 13.2 Å². The van der Waals surface area contributed by atoms with E-state index < -0.39 is 6.10 Å². The lowest BCUT2D eigenvalue weighted by atomic mass is 10.1. The Kier molecular flexibility index (Phi) is 60.5. The van der Waals surface area contributed by atoms with Crippen molar-refractivity contribution in [3.8, 4) is 0 Å². The van der Waals surface area contributed by atoms with E-state index in [1.807, 2.05) is 0 Å². The third-order valence-electron chi connectivity index (χ3n) is 12.4. The normalized spacial score (nSPS) is 13.4. The molecule has 0 saturated carbocycles. The van der Waals surface area contributed by atoms with Gasteiger partial charge in [0, 0.05) is 19.3 Å². The monoisotopic (exact) mass is 1080 g/mol. The number of ether oxygens (including phenoxy) is 3. The second-order valence-electron chi connectivity index (χ2n) is 19.8. The highest BCUT2D eigenvalue weighted by Crippen LogP contribution is 2.13. The van der Waals surface area contributed by atoms with Crippen molar-refractivity contribution in [1.82, 2.24) is 0 Å². The molecule has 0 spiro atoms. The van der Waals surface area contributed by atoms with Gasteiger partial charge in [0.15, 0.2) is 6.10 Å². The van der Waals surface area contributed by atoms with Crippen LogP contribution in [0, 0.1) is 0 Å². The molecule has 6 heteroatoms. The molecule has 0 aliphatic rings. The van der Waals surface area contributed by atoms with Crippen molar-refractivity contribution >= 4 is 17.9 Å². The third kappa shape index (κ3) is 63.2. The van der Waals surface area contributed by atoms with Crippen LogP contribution in [0.3, 0.4) is 0 Å². The van der Waals surface area contributed by atoms with Crippen LogP contribution in [0.1, 0.15) is 239 Å². The fourth-order valence-corrected chi connectivity index (χ4v) is 7.77. The second-order valence-corrected chi connectivity index (χ2v) is 19.8. The van der Waals surface area contributed by atoms with Crippen LogP contribution in [0.15, 0.2) is 182 Å².